The van der Waals surface area contributed by atoms with Crippen molar-refractivity contribution in [2.45, 2.75) is 26.0 Å². The highest BCUT2D eigenvalue weighted by molar-refractivity contribution is 6.30. The van der Waals surface area contributed by atoms with Crippen molar-refractivity contribution in [3.05, 3.63) is 94.8 Å². The zero-order valence-corrected chi connectivity index (χ0v) is 17.9. The number of ketones is 1. The molecule has 0 aliphatic carbocycles. The van der Waals surface area contributed by atoms with Gasteiger partial charge in [0.1, 0.15) is 5.75 Å². The van der Waals surface area contributed by atoms with Crippen molar-refractivity contribution < 1.29 is 14.3 Å². The molecule has 1 aromatic heterocycles. The summed E-state index contributed by atoms with van der Waals surface area (Å²) < 4.78 is 5.94. The quantitative estimate of drug-likeness (QED) is 0.514. The fourth-order valence-corrected chi connectivity index (χ4v) is 3.20. The van der Waals surface area contributed by atoms with Crippen LogP contribution < -0.4 is 4.74 Å². The molecular formula is C24H23ClN2O3. The molecule has 0 N–H and O–H groups in total. The number of carbonyl (C=O) groups is 2. The maximum absolute atomic E-state index is 12.9. The van der Waals surface area contributed by atoms with E-state index >= 15 is 0 Å². The molecule has 3 rings (SSSR count). The predicted octanol–water partition coefficient (Wildman–Crippen LogP) is 4.78. The van der Waals surface area contributed by atoms with Gasteiger partial charge in [-0.05, 0) is 74.0 Å². The van der Waals surface area contributed by atoms with E-state index in [0.29, 0.717) is 28.4 Å². The van der Waals surface area contributed by atoms with E-state index in [-0.39, 0.29) is 11.7 Å². The molecule has 1 heterocycles. The van der Waals surface area contributed by atoms with E-state index in [0.717, 1.165) is 5.56 Å². The lowest BCUT2D eigenvalue weighted by atomic mass is 10.0. The van der Waals surface area contributed by atoms with Gasteiger partial charge in [0.05, 0.1) is 0 Å². The van der Waals surface area contributed by atoms with E-state index in [9.17, 15) is 9.59 Å². The van der Waals surface area contributed by atoms with Crippen LogP contribution in [0.5, 0.6) is 5.75 Å². The van der Waals surface area contributed by atoms with E-state index in [2.05, 4.69) is 4.98 Å². The third-order valence-electron chi connectivity index (χ3n) is 4.60. The van der Waals surface area contributed by atoms with E-state index in [1.54, 1.807) is 86.7 Å². The lowest BCUT2D eigenvalue weighted by Crippen LogP contribution is -2.47. The van der Waals surface area contributed by atoms with Crippen LogP contribution in [0.4, 0.5) is 0 Å². The van der Waals surface area contributed by atoms with E-state index in [1.165, 1.54) is 0 Å². The maximum atomic E-state index is 12.9. The van der Waals surface area contributed by atoms with Crippen molar-refractivity contribution in [1.82, 2.24) is 9.88 Å². The summed E-state index contributed by atoms with van der Waals surface area (Å²) in [7, 11) is 1.73. The molecule has 1 amide bonds. The van der Waals surface area contributed by atoms with Crippen LogP contribution in [-0.4, -0.2) is 34.2 Å². The van der Waals surface area contributed by atoms with Crippen LogP contribution in [-0.2, 0) is 11.3 Å². The zero-order valence-electron chi connectivity index (χ0n) is 17.1. The van der Waals surface area contributed by atoms with Crippen LogP contribution in [0.3, 0.4) is 0 Å². The van der Waals surface area contributed by atoms with Gasteiger partial charge < -0.3 is 9.64 Å². The fraction of sp³-hybridized carbons (Fsp3) is 0.208. The third kappa shape index (κ3) is 5.24. The minimum absolute atomic E-state index is 0.107. The predicted molar refractivity (Wildman–Crippen MR) is 117 cm³/mol. The summed E-state index contributed by atoms with van der Waals surface area (Å²) in [6.45, 7) is 3.89. The molecule has 3 aromatic rings. The number of amides is 1. The third-order valence-corrected chi connectivity index (χ3v) is 4.85. The molecule has 0 bridgehead atoms. The largest absolute Gasteiger partial charge is 0.478 e. The molecule has 2 aromatic carbocycles. The van der Waals surface area contributed by atoms with Crippen molar-refractivity contribution in [1.29, 1.82) is 0 Å². The fourth-order valence-electron chi connectivity index (χ4n) is 3.08. The molecule has 0 spiro atoms. The molecule has 0 unspecified atom stereocenters. The molecule has 154 valence electrons. The van der Waals surface area contributed by atoms with Crippen LogP contribution in [0.15, 0.2) is 73.1 Å². The van der Waals surface area contributed by atoms with Gasteiger partial charge in [0.25, 0.3) is 5.91 Å². The monoisotopic (exact) mass is 422 g/mol. The molecule has 0 aliphatic heterocycles. The molecule has 0 saturated heterocycles. The number of hydrogen-bond acceptors (Lipinski definition) is 4. The molecule has 6 heteroatoms. The molecule has 5 nitrogen and oxygen atoms in total. The molecular weight excluding hydrogens is 400 g/mol. The first kappa shape index (κ1) is 21.5. The number of carbonyl (C=O) groups excluding carboxylic acids is 2. The Balaban J connectivity index is 1.66. The van der Waals surface area contributed by atoms with Crippen LogP contribution in [0, 0.1) is 0 Å². The number of rotatable bonds is 7. The molecule has 0 aliphatic rings. The Labute approximate surface area is 181 Å². The van der Waals surface area contributed by atoms with Gasteiger partial charge in [-0.1, -0.05) is 17.7 Å². The maximum Gasteiger partial charge on any atom is 0.266 e. The van der Waals surface area contributed by atoms with E-state index < -0.39 is 5.60 Å². The SMILES string of the molecule is CN(Cc1cccnc1)C(=O)C(C)(C)Oc1ccc(C(=O)c2ccc(Cl)cc2)cc1. The summed E-state index contributed by atoms with van der Waals surface area (Å²) in [5, 5.41) is 0.579. The van der Waals surface area contributed by atoms with Gasteiger partial charge in [-0.15, -0.1) is 0 Å². The molecule has 0 radical (unpaired) electrons. The number of benzene rings is 2. The van der Waals surface area contributed by atoms with E-state index in [4.69, 9.17) is 16.3 Å². The second-order valence-electron chi connectivity index (χ2n) is 7.50. The topological polar surface area (TPSA) is 59.5 Å². The van der Waals surface area contributed by atoms with E-state index in [1.807, 2.05) is 12.1 Å². The van der Waals surface area contributed by atoms with Crippen molar-refractivity contribution in [2.75, 3.05) is 7.05 Å². The number of hydrogen-bond donors (Lipinski definition) is 0. The Morgan fingerprint density at radius 1 is 1.00 bits per heavy atom. The highest BCUT2D eigenvalue weighted by Gasteiger charge is 2.33. The minimum Gasteiger partial charge on any atom is -0.478 e. The van der Waals surface area contributed by atoms with Crippen molar-refractivity contribution >= 4 is 23.3 Å². The van der Waals surface area contributed by atoms with Crippen molar-refractivity contribution in [3.8, 4) is 5.75 Å². The Morgan fingerprint density at radius 2 is 1.60 bits per heavy atom. The summed E-state index contributed by atoms with van der Waals surface area (Å²) in [5.74, 6) is 0.244. The number of nitrogens with zero attached hydrogens (tertiary/aromatic N) is 2. The minimum atomic E-state index is -1.07. The standard InChI is InChI=1S/C24H23ClN2O3/c1-24(2,23(29)27(3)16-17-5-4-14-26-15-17)30-21-12-8-19(9-13-21)22(28)18-6-10-20(25)11-7-18/h4-15H,16H2,1-3H3. The second-order valence-corrected chi connectivity index (χ2v) is 7.93. The van der Waals surface area contributed by atoms with Gasteiger partial charge in [-0.3, -0.25) is 14.6 Å². The van der Waals surface area contributed by atoms with Gasteiger partial charge in [-0.25, -0.2) is 0 Å². The van der Waals surface area contributed by atoms with Crippen LogP contribution >= 0.6 is 11.6 Å². The first-order chi connectivity index (χ1) is 14.3. The molecule has 0 atom stereocenters. The summed E-state index contributed by atoms with van der Waals surface area (Å²) >= 11 is 5.88. The lowest BCUT2D eigenvalue weighted by Gasteiger charge is -2.30. The van der Waals surface area contributed by atoms with Gasteiger partial charge in [-0.2, -0.15) is 0 Å². The smallest absolute Gasteiger partial charge is 0.266 e. The van der Waals surface area contributed by atoms with Gasteiger partial charge in [0.2, 0.25) is 0 Å². The van der Waals surface area contributed by atoms with Crippen LogP contribution in [0.2, 0.25) is 5.02 Å². The summed E-state index contributed by atoms with van der Waals surface area (Å²) in [4.78, 5) is 31.1. The second kappa shape index (κ2) is 9.09. The molecule has 0 saturated carbocycles. The van der Waals surface area contributed by atoms with Crippen LogP contribution in [0.1, 0.15) is 35.3 Å². The highest BCUT2D eigenvalue weighted by atomic mass is 35.5. The number of pyridine rings is 1. The van der Waals surface area contributed by atoms with Crippen molar-refractivity contribution in [2.24, 2.45) is 0 Å². The lowest BCUT2D eigenvalue weighted by molar-refractivity contribution is -0.144. The molecule has 0 fully saturated rings. The van der Waals surface area contributed by atoms with Gasteiger partial charge in [0, 0.05) is 42.1 Å². The Bertz CT molecular complexity index is 1020. The number of ether oxygens (including phenoxy) is 1. The summed E-state index contributed by atoms with van der Waals surface area (Å²) in [6.07, 6.45) is 3.42. The Morgan fingerprint density at radius 3 is 2.17 bits per heavy atom. The highest BCUT2D eigenvalue weighted by Crippen LogP contribution is 2.22. The van der Waals surface area contributed by atoms with Crippen LogP contribution in [0.25, 0.3) is 0 Å². The average molecular weight is 423 g/mol. The number of likely N-dealkylation sites (N-methyl/N-ethyl adjacent to an activating group) is 1. The Kier molecular flexibility index (Phi) is 6.53. The van der Waals surface area contributed by atoms with Gasteiger partial charge in [0.15, 0.2) is 11.4 Å². The summed E-state index contributed by atoms with van der Waals surface area (Å²) in [6, 6.07) is 17.3. The first-order valence-corrected chi connectivity index (χ1v) is 9.88. The zero-order chi connectivity index (χ0) is 21.7. The molecule has 30 heavy (non-hydrogen) atoms. The van der Waals surface area contributed by atoms with Gasteiger partial charge >= 0.3 is 0 Å². The number of aromatic nitrogens is 1. The Hall–Kier alpha value is -3.18. The average Bonchev–Trinajstić information content (AvgIpc) is 2.74. The normalized spacial score (nSPS) is 11.1. The number of halogens is 1. The van der Waals surface area contributed by atoms with Crippen molar-refractivity contribution in [3.63, 3.8) is 0 Å². The summed E-state index contributed by atoms with van der Waals surface area (Å²) in [5.41, 5.74) is 0.955. The first-order valence-electron chi connectivity index (χ1n) is 9.50.